The number of phosphoric ester groups is 1. The van der Waals surface area contributed by atoms with Gasteiger partial charge in [0.1, 0.15) is 11.5 Å². The smallest absolute Gasteiger partial charge is 0.395 e. The van der Waals surface area contributed by atoms with Crippen molar-refractivity contribution in [2.45, 2.75) is 27.7 Å². The van der Waals surface area contributed by atoms with Crippen LogP contribution in [0.5, 0.6) is 11.5 Å². The van der Waals surface area contributed by atoms with Gasteiger partial charge in [-0.2, -0.15) is 0 Å². The Morgan fingerprint density at radius 1 is 0.857 bits per heavy atom. The van der Waals surface area contributed by atoms with Gasteiger partial charge in [-0.25, -0.2) is 4.57 Å². The summed E-state index contributed by atoms with van der Waals surface area (Å²) in [6.45, 7) is 7.39. The Morgan fingerprint density at radius 3 is 2.00 bits per heavy atom. The third kappa shape index (κ3) is 3.66. The molecular weight excluding hydrogens is 287 g/mol. The highest BCUT2D eigenvalue weighted by molar-refractivity contribution is 7.48. The predicted molar refractivity (Wildman–Crippen MR) is 82.9 cm³/mol. The molecule has 0 bridgehead atoms. The van der Waals surface area contributed by atoms with Crippen LogP contribution in [0.15, 0.2) is 36.4 Å². The number of para-hydroxylation sites is 1. The summed E-state index contributed by atoms with van der Waals surface area (Å²) in [4.78, 5) is 10.00. The van der Waals surface area contributed by atoms with E-state index in [4.69, 9.17) is 9.05 Å². The molecule has 2 rings (SSSR count). The molecule has 0 amide bonds. The molecule has 0 fully saturated rings. The summed E-state index contributed by atoms with van der Waals surface area (Å²) in [5.74, 6) is 0.737. The van der Waals surface area contributed by atoms with E-state index in [0.717, 1.165) is 22.3 Å². The molecule has 112 valence electrons. The van der Waals surface area contributed by atoms with Crippen LogP contribution in [0.1, 0.15) is 22.3 Å². The topological polar surface area (TPSA) is 55.8 Å². The van der Waals surface area contributed by atoms with Gasteiger partial charge >= 0.3 is 7.82 Å². The van der Waals surface area contributed by atoms with Crippen LogP contribution in [0.3, 0.4) is 0 Å². The van der Waals surface area contributed by atoms with E-state index in [1.165, 1.54) is 0 Å². The lowest BCUT2D eigenvalue weighted by atomic mass is 10.1. The Bertz CT molecular complexity index is 689. The summed E-state index contributed by atoms with van der Waals surface area (Å²) in [6, 6.07) is 10.8. The molecule has 0 aliphatic rings. The van der Waals surface area contributed by atoms with Crippen molar-refractivity contribution in [3.05, 3.63) is 58.7 Å². The maximum absolute atomic E-state index is 12.2. The van der Waals surface area contributed by atoms with Crippen LogP contribution in [-0.2, 0) is 4.57 Å². The fourth-order valence-electron chi connectivity index (χ4n) is 2.02. The van der Waals surface area contributed by atoms with Crippen molar-refractivity contribution >= 4 is 7.82 Å². The van der Waals surface area contributed by atoms with Crippen LogP contribution < -0.4 is 9.05 Å². The van der Waals surface area contributed by atoms with E-state index in [0.29, 0.717) is 11.5 Å². The molecule has 0 heterocycles. The van der Waals surface area contributed by atoms with E-state index in [-0.39, 0.29) is 0 Å². The van der Waals surface area contributed by atoms with E-state index in [2.05, 4.69) is 0 Å². The van der Waals surface area contributed by atoms with Crippen molar-refractivity contribution in [1.82, 2.24) is 0 Å². The minimum atomic E-state index is -4.24. The van der Waals surface area contributed by atoms with Crippen molar-refractivity contribution in [2.24, 2.45) is 0 Å². The second-order valence-electron chi connectivity index (χ2n) is 5.07. The van der Waals surface area contributed by atoms with Gasteiger partial charge in [-0.1, -0.05) is 30.3 Å². The van der Waals surface area contributed by atoms with Crippen LogP contribution in [0.2, 0.25) is 0 Å². The number of aryl methyl sites for hydroxylation is 3. The van der Waals surface area contributed by atoms with Gasteiger partial charge in [0.15, 0.2) is 0 Å². The van der Waals surface area contributed by atoms with Crippen molar-refractivity contribution in [3.63, 3.8) is 0 Å². The van der Waals surface area contributed by atoms with E-state index < -0.39 is 7.82 Å². The molecule has 0 aliphatic carbocycles. The molecular formula is C16H19O4P. The molecule has 0 saturated heterocycles. The second kappa shape index (κ2) is 5.92. The van der Waals surface area contributed by atoms with Gasteiger partial charge in [-0.15, -0.1) is 0 Å². The molecule has 2 aromatic carbocycles. The Hall–Kier alpha value is -1.77. The van der Waals surface area contributed by atoms with Gasteiger partial charge in [0.2, 0.25) is 0 Å². The molecule has 2 aromatic rings. The van der Waals surface area contributed by atoms with Gasteiger partial charge < -0.3 is 9.05 Å². The highest BCUT2D eigenvalue weighted by Gasteiger charge is 2.27. The molecule has 4 nitrogen and oxygen atoms in total. The average molecular weight is 306 g/mol. The van der Waals surface area contributed by atoms with Crippen LogP contribution in [-0.4, -0.2) is 4.89 Å². The van der Waals surface area contributed by atoms with Gasteiger partial charge in [0, 0.05) is 0 Å². The molecule has 1 atom stereocenters. The lowest BCUT2D eigenvalue weighted by Gasteiger charge is -2.18. The SMILES string of the molecule is Cc1cccc(OP(=O)(O)Oc2c(C)cccc2C)c1C. The number of phosphoric acid groups is 1. The van der Waals surface area contributed by atoms with Crippen molar-refractivity contribution < 1.29 is 18.5 Å². The lowest BCUT2D eigenvalue weighted by Crippen LogP contribution is -2.03. The summed E-state index contributed by atoms with van der Waals surface area (Å²) < 4.78 is 22.7. The van der Waals surface area contributed by atoms with Gasteiger partial charge in [0.25, 0.3) is 0 Å². The molecule has 5 heteroatoms. The first-order valence-corrected chi connectivity index (χ1v) is 8.14. The van der Waals surface area contributed by atoms with E-state index in [9.17, 15) is 9.46 Å². The second-order valence-corrected chi connectivity index (χ2v) is 6.37. The zero-order valence-electron chi connectivity index (χ0n) is 12.6. The van der Waals surface area contributed by atoms with Crippen molar-refractivity contribution in [1.29, 1.82) is 0 Å². The van der Waals surface area contributed by atoms with Gasteiger partial charge in [-0.3, -0.25) is 4.89 Å². The third-order valence-electron chi connectivity index (χ3n) is 3.38. The largest absolute Gasteiger partial charge is 0.584 e. The first-order valence-electron chi connectivity index (χ1n) is 6.64. The molecule has 21 heavy (non-hydrogen) atoms. The van der Waals surface area contributed by atoms with Crippen molar-refractivity contribution in [3.8, 4) is 11.5 Å². The number of benzene rings is 2. The third-order valence-corrected chi connectivity index (χ3v) is 4.22. The Balaban J connectivity index is 2.27. The van der Waals surface area contributed by atoms with E-state index in [1.807, 2.05) is 52.0 Å². The van der Waals surface area contributed by atoms with Crippen LogP contribution in [0, 0.1) is 27.7 Å². The minimum absolute atomic E-state index is 0.354. The zero-order valence-corrected chi connectivity index (χ0v) is 13.5. The minimum Gasteiger partial charge on any atom is -0.395 e. The summed E-state index contributed by atoms with van der Waals surface area (Å²) in [5.41, 5.74) is 3.37. The molecule has 1 unspecified atom stereocenters. The van der Waals surface area contributed by atoms with E-state index >= 15 is 0 Å². The van der Waals surface area contributed by atoms with E-state index in [1.54, 1.807) is 12.1 Å². The number of hydrogen-bond donors (Lipinski definition) is 1. The molecule has 0 aliphatic heterocycles. The van der Waals surface area contributed by atoms with Gasteiger partial charge in [-0.05, 0) is 56.0 Å². The number of rotatable bonds is 4. The first-order chi connectivity index (χ1) is 9.80. The maximum Gasteiger partial charge on any atom is 0.584 e. The fraction of sp³-hybridized carbons (Fsp3) is 0.250. The Morgan fingerprint density at radius 2 is 1.38 bits per heavy atom. The molecule has 0 saturated carbocycles. The molecule has 0 spiro atoms. The number of hydrogen-bond acceptors (Lipinski definition) is 3. The molecule has 0 aromatic heterocycles. The first kappa shape index (κ1) is 15.6. The highest BCUT2D eigenvalue weighted by atomic mass is 31.2. The summed E-state index contributed by atoms with van der Waals surface area (Å²) in [6.07, 6.45) is 0. The van der Waals surface area contributed by atoms with Gasteiger partial charge in [0.05, 0.1) is 0 Å². The van der Waals surface area contributed by atoms with Crippen LogP contribution >= 0.6 is 7.82 Å². The average Bonchev–Trinajstić information content (AvgIpc) is 2.39. The Kier molecular flexibility index (Phi) is 4.40. The zero-order chi connectivity index (χ0) is 15.6. The Labute approximate surface area is 125 Å². The quantitative estimate of drug-likeness (QED) is 0.846. The summed E-state index contributed by atoms with van der Waals surface area (Å²) >= 11 is 0. The predicted octanol–water partition coefficient (Wildman–Crippen LogP) is 4.48. The summed E-state index contributed by atoms with van der Waals surface area (Å²) in [5, 5.41) is 0. The fourth-order valence-corrected chi connectivity index (χ4v) is 3.03. The molecule has 0 radical (unpaired) electrons. The summed E-state index contributed by atoms with van der Waals surface area (Å²) in [7, 11) is -4.24. The van der Waals surface area contributed by atoms with Crippen LogP contribution in [0.25, 0.3) is 0 Å². The standard InChI is InChI=1S/C16H19O4P/c1-11-7-6-10-15(14(11)4)19-21(17,18)20-16-12(2)8-5-9-13(16)3/h5-10H,1-4H3,(H,17,18). The normalized spacial score (nSPS) is 13.6. The van der Waals surface area contributed by atoms with Crippen molar-refractivity contribution in [2.75, 3.05) is 0 Å². The molecule has 1 N–H and O–H groups in total. The van der Waals surface area contributed by atoms with Crippen LogP contribution in [0.4, 0.5) is 0 Å². The highest BCUT2D eigenvalue weighted by Crippen LogP contribution is 2.47. The maximum atomic E-state index is 12.2. The monoisotopic (exact) mass is 306 g/mol. The lowest BCUT2D eigenvalue weighted by molar-refractivity contribution is 0.289.